The number of rotatable bonds is 5. The van der Waals surface area contributed by atoms with Gasteiger partial charge < -0.3 is 10.2 Å². The number of thiocarbonyl (C=S) groups is 1. The summed E-state index contributed by atoms with van der Waals surface area (Å²) in [7, 11) is -2.96. The van der Waals surface area contributed by atoms with Crippen molar-refractivity contribution in [1.82, 2.24) is 4.90 Å². The number of sulfone groups is 1. The van der Waals surface area contributed by atoms with E-state index in [1.807, 2.05) is 28.5 Å². The average Bonchev–Trinajstić information content (AvgIpc) is 3.22. The lowest BCUT2D eigenvalue weighted by molar-refractivity contribution is 0.335. The van der Waals surface area contributed by atoms with Crippen molar-refractivity contribution < 1.29 is 8.42 Å². The third-order valence-electron chi connectivity index (χ3n) is 4.43. The van der Waals surface area contributed by atoms with Gasteiger partial charge in [-0.15, -0.1) is 11.3 Å². The van der Waals surface area contributed by atoms with Crippen LogP contribution in [0.2, 0.25) is 0 Å². The van der Waals surface area contributed by atoms with E-state index < -0.39 is 9.84 Å². The van der Waals surface area contributed by atoms with Crippen LogP contribution in [0.25, 0.3) is 0 Å². The van der Waals surface area contributed by atoms with Gasteiger partial charge in [0.25, 0.3) is 0 Å². The zero-order valence-electron chi connectivity index (χ0n) is 14.1. The fourth-order valence-electron chi connectivity index (χ4n) is 2.98. The molecule has 4 nitrogen and oxygen atoms in total. The molecular weight excluding hydrogens is 372 g/mol. The molecule has 25 heavy (non-hydrogen) atoms. The van der Waals surface area contributed by atoms with Crippen molar-refractivity contribution in [3.8, 4) is 0 Å². The maximum atomic E-state index is 11.9. The Hall–Kier alpha value is -1.44. The topological polar surface area (TPSA) is 49.4 Å². The van der Waals surface area contributed by atoms with Crippen LogP contribution in [0.3, 0.4) is 0 Å². The van der Waals surface area contributed by atoms with Gasteiger partial charge in [0.15, 0.2) is 14.9 Å². The van der Waals surface area contributed by atoms with E-state index in [2.05, 4.69) is 30.4 Å². The van der Waals surface area contributed by atoms with Crippen molar-refractivity contribution in [2.75, 3.05) is 16.8 Å². The summed E-state index contributed by atoms with van der Waals surface area (Å²) in [4.78, 5) is 3.20. The van der Waals surface area contributed by atoms with Crippen molar-refractivity contribution in [3.05, 3.63) is 52.2 Å². The molecule has 7 heteroatoms. The van der Waals surface area contributed by atoms with E-state index in [0.29, 0.717) is 18.1 Å². The summed E-state index contributed by atoms with van der Waals surface area (Å²) in [5.41, 5.74) is 2.20. The highest BCUT2D eigenvalue weighted by Crippen LogP contribution is 2.23. The summed E-state index contributed by atoms with van der Waals surface area (Å²) in [5, 5.41) is 5.89. The zero-order valence-corrected chi connectivity index (χ0v) is 16.6. The summed E-state index contributed by atoms with van der Waals surface area (Å²) in [6.45, 7) is 2.76. The molecule has 0 unspecified atom stereocenters. The summed E-state index contributed by atoms with van der Waals surface area (Å²) >= 11 is 7.29. The monoisotopic (exact) mass is 394 g/mol. The third kappa shape index (κ3) is 4.80. The molecule has 0 spiro atoms. The van der Waals surface area contributed by atoms with E-state index in [0.717, 1.165) is 12.1 Å². The first-order chi connectivity index (χ1) is 12.0. The second-order valence-electron chi connectivity index (χ2n) is 6.24. The molecule has 1 aliphatic rings. The molecule has 1 fully saturated rings. The molecule has 134 valence electrons. The van der Waals surface area contributed by atoms with Crippen molar-refractivity contribution >= 4 is 44.2 Å². The first kappa shape index (κ1) is 18.4. The molecule has 2 aromatic rings. The lowest BCUT2D eigenvalue weighted by Crippen LogP contribution is -2.42. The summed E-state index contributed by atoms with van der Waals surface area (Å²) in [6.07, 6.45) is 1.62. The Morgan fingerprint density at radius 2 is 2.08 bits per heavy atom. The number of aryl methyl sites for hydroxylation is 1. The molecule has 0 radical (unpaired) electrons. The second-order valence-corrected chi connectivity index (χ2v) is 9.89. The molecule has 0 saturated carbocycles. The number of thiophene rings is 1. The van der Waals surface area contributed by atoms with E-state index >= 15 is 0 Å². The smallest absolute Gasteiger partial charge is 0.174 e. The largest absolute Gasteiger partial charge is 0.340 e. The SMILES string of the molecule is CCc1ccc(NC(=S)N(Cc2cccs2)[C@@H]2CCS(=O)(=O)C2)cc1. The first-order valence-corrected chi connectivity index (χ1v) is 11.5. The number of hydrogen-bond donors (Lipinski definition) is 1. The quantitative estimate of drug-likeness (QED) is 0.784. The minimum absolute atomic E-state index is 0.0676. The van der Waals surface area contributed by atoms with Gasteiger partial charge in [-0.1, -0.05) is 25.1 Å². The highest BCUT2D eigenvalue weighted by molar-refractivity contribution is 7.91. The van der Waals surface area contributed by atoms with Crippen molar-refractivity contribution in [2.24, 2.45) is 0 Å². The average molecular weight is 395 g/mol. The molecule has 0 amide bonds. The molecule has 0 bridgehead atoms. The van der Waals surface area contributed by atoms with Crippen molar-refractivity contribution in [3.63, 3.8) is 0 Å². The second kappa shape index (κ2) is 7.85. The van der Waals surface area contributed by atoms with Gasteiger partial charge in [0.05, 0.1) is 18.1 Å². The van der Waals surface area contributed by atoms with E-state index in [1.165, 1.54) is 10.4 Å². The molecule has 2 heterocycles. The standard InChI is InChI=1S/C18H22N2O2S3/c1-2-14-5-7-15(8-6-14)19-18(23)20(12-17-4-3-10-24-17)16-9-11-25(21,22)13-16/h3-8,10,16H,2,9,11-13H2,1H3,(H,19,23)/t16-/m1/s1. The van der Waals surface area contributed by atoms with Crippen LogP contribution in [-0.2, 0) is 22.8 Å². The molecule has 1 aromatic carbocycles. The van der Waals surface area contributed by atoms with Crippen LogP contribution in [0.15, 0.2) is 41.8 Å². The molecule has 1 N–H and O–H groups in total. The number of nitrogens with zero attached hydrogens (tertiary/aromatic N) is 1. The van der Waals surface area contributed by atoms with Crippen molar-refractivity contribution in [1.29, 1.82) is 0 Å². The predicted octanol–water partition coefficient (Wildman–Crippen LogP) is 3.70. The van der Waals surface area contributed by atoms with Gasteiger partial charge in [-0.05, 0) is 54.2 Å². The Balaban J connectivity index is 1.76. The Bertz CT molecular complexity index is 815. The zero-order chi connectivity index (χ0) is 17.9. The normalized spacial score (nSPS) is 18.8. The van der Waals surface area contributed by atoms with Gasteiger partial charge in [-0.25, -0.2) is 8.42 Å². The van der Waals surface area contributed by atoms with Crippen LogP contribution in [-0.4, -0.2) is 36.0 Å². The summed E-state index contributed by atoms with van der Waals surface area (Å²) in [5.74, 6) is 0.418. The van der Waals surface area contributed by atoms with Crippen LogP contribution < -0.4 is 5.32 Å². The van der Waals surface area contributed by atoms with Gasteiger partial charge in [-0.2, -0.15) is 0 Å². The molecule has 1 atom stereocenters. The van der Waals surface area contributed by atoms with Crippen LogP contribution in [0.5, 0.6) is 0 Å². The maximum Gasteiger partial charge on any atom is 0.174 e. The predicted molar refractivity (Wildman–Crippen MR) is 109 cm³/mol. The van der Waals surface area contributed by atoms with Crippen LogP contribution in [0.4, 0.5) is 5.69 Å². The Morgan fingerprint density at radius 1 is 1.32 bits per heavy atom. The molecular formula is C18H22N2O2S3. The van der Waals surface area contributed by atoms with Crippen LogP contribution >= 0.6 is 23.6 Å². The first-order valence-electron chi connectivity index (χ1n) is 8.36. The summed E-state index contributed by atoms with van der Waals surface area (Å²) < 4.78 is 23.8. The lowest BCUT2D eigenvalue weighted by Gasteiger charge is -2.30. The van der Waals surface area contributed by atoms with Gasteiger partial charge in [0.2, 0.25) is 0 Å². The number of hydrogen-bond acceptors (Lipinski definition) is 4. The number of nitrogens with one attached hydrogen (secondary N) is 1. The number of anilines is 1. The highest BCUT2D eigenvalue weighted by atomic mass is 32.2. The molecule has 1 aliphatic heterocycles. The van der Waals surface area contributed by atoms with E-state index in [1.54, 1.807) is 11.3 Å². The third-order valence-corrected chi connectivity index (χ3v) is 7.38. The number of benzene rings is 1. The fourth-order valence-corrected chi connectivity index (χ4v) is 5.74. The minimum atomic E-state index is -2.96. The Kier molecular flexibility index (Phi) is 5.76. The maximum absolute atomic E-state index is 11.9. The van der Waals surface area contributed by atoms with Gasteiger partial charge >= 0.3 is 0 Å². The Labute approximate surface area is 158 Å². The molecule has 1 aromatic heterocycles. The fraction of sp³-hybridized carbons (Fsp3) is 0.389. The highest BCUT2D eigenvalue weighted by Gasteiger charge is 2.33. The van der Waals surface area contributed by atoms with Gasteiger partial charge in [0.1, 0.15) is 0 Å². The lowest BCUT2D eigenvalue weighted by atomic mass is 10.1. The van der Waals surface area contributed by atoms with E-state index in [9.17, 15) is 8.42 Å². The van der Waals surface area contributed by atoms with Crippen LogP contribution in [0.1, 0.15) is 23.8 Å². The van der Waals surface area contributed by atoms with E-state index in [4.69, 9.17) is 12.2 Å². The van der Waals surface area contributed by atoms with Gasteiger partial charge in [0, 0.05) is 16.6 Å². The molecule has 3 rings (SSSR count). The van der Waals surface area contributed by atoms with E-state index in [-0.39, 0.29) is 17.5 Å². The Morgan fingerprint density at radius 3 is 2.64 bits per heavy atom. The van der Waals surface area contributed by atoms with Gasteiger partial charge in [-0.3, -0.25) is 0 Å². The molecule has 0 aliphatic carbocycles. The minimum Gasteiger partial charge on any atom is -0.340 e. The summed E-state index contributed by atoms with van der Waals surface area (Å²) in [6, 6.07) is 12.2. The van der Waals surface area contributed by atoms with Crippen molar-refractivity contribution in [2.45, 2.75) is 32.4 Å². The van der Waals surface area contributed by atoms with Crippen LogP contribution in [0, 0.1) is 0 Å². The molecule has 1 saturated heterocycles.